The maximum atomic E-state index is 13.7. The molecule has 72 valence electrons. The highest BCUT2D eigenvalue weighted by atomic mass is 19.1. The Morgan fingerprint density at radius 1 is 1.43 bits per heavy atom. The topological polar surface area (TPSA) is 32.9 Å². The Morgan fingerprint density at radius 3 is 2.93 bits per heavy atom. The Hall–Kier alpha value is -1.64. The van der Waals surface area contributed by atoms with E-state index in [1.807, 2.05) is 6.07 Å². The molecule has 1 aromatic carbocycles. The summed E-state index contributed by atoms with van der Waals surface area (Å²) in [5.41, 5.74) is 0.927. The third-order valence-electron chi connectivity index (χ3n) is 2.18. The van der Waals surface area contributed by atoms with Gasteiger partial charge in [0.25, 0.3) is 0 Å². The molecule has 0 bridgehead atoms. The molecule has 0 amide bonds. The fourth-order valence-electron chi connectivity index (χ4n) is 1.54. The quantitative estimate of drug-likeness (QED) is 0.777. The lowest BCUT2D eigenvalue weighted by Crippen LogP contribution is -1.99. The Kier molecular flexibility index (Phi) is 2.08. The number of aromatic nitrogens is 1. The van der Waals surface area contributed by atoms with Crippen molar-refractivity contribution in [1.29, 1.82) is 0 Å². The van der Waals surface area contributed by atoms with Gasteiger partial charge < -0.3 is 4.98 Å². The first-order valence-corrected chi connectivity index (χ1v) is 4.42. The number of Topliss-reactive ketones (excluding diaryl/α,β-unsaturated/α-hetero) is 1. The summed E-state index contributed by atoms with van der Waals surface area (Å²) in [5.74, 6) is -0.350. The van der Waals surface area contributed by atoms with Crippen molar-refractivity contribution in [3.63, 3.8) is 0 Å². The molecule has 0 aliphatic heterocycles. The Labute approximate surface area is 80.7 Å². The van der Waals surface area contributed by atoms with E-state index < -0.39 is 0 Å². The second-order valence-electron chi connectivity index (χ2n) is 3.36. The Morgan fingerprint density at radius 2 is 2.21 bits per heavy atom. The lowest BCUT2D eigenvalue weighted by molar-refractivity contribution is -0.116. The minimum absolute atomic E-state index is 0.0326. The van der Waals surface area contributed by atoms with E-state index in [4.69, 9.17) is 0 Å². The summed E-state index contributed by atoms with van der Waals surface area (Å²) in [7, 11) is 0. The molecule has 1 heterocycles. The van der Waals surface area contributed by atoms with Crippen molar-refractivity contribution >= 4 is 16.7 Å². The van der Waals surface area contributed by atoms with Crippen LogP contribution in [0.4, 0.5) is 4.39 Å². The van der Waals surface area contributed by atoms with Crippen LogP contribution in [0.1, 0.15) is 12.5 Å². The summed E-state index contributed by atoms with van der Waals surface area (Å²) in [5, 5.41) is 0.829. The molecule has 0 spiro atoms. The third-order valence-corrected chi connectivity index (χ3v) is 2.18. The number of carbonyl (C=O) groups is 1. The van der Waals surface area contributed by atoms with Gasteiger partial charge in [-0.1, -0.05) is 12.1 Å². The van der Waals surface area contributed by atoms with Crippen molar-refractivity contribution in [3.8, 4) is 0 Å². The van der Waals surface area contributed by atoms with E-state index >= 15 is 0 Å². The number of halogens is 1. The van der Waals surface area contributed by atoms with E-state index in [9.17, 15) is 9.18 Å². The zero-order chi connectivity index (χ0) is 10.1. The smallest absolute Gasteiger partial charge is 0.150 e. The number of benzene rings is 1. The van der Waals surface area contributed by atoms with Crippen LogP contribution in [0.15, 0.2) is 24.4 Å². The van der Waals surface area contributed by atoms with Crippen LogP contribution in [0.25, 0.3) is 10.9 Å². The molecule has 0 saturated heterocycles. The minimum atomic E-state index is -0.317. The molecule has 2 aromatic rings. The SMILES string of the molecule is CC(=O)Cc1ccc2cc[nH]c2c1F. The van der Waals surface area contributed by atoms with Crippen LogP contribution < -0.4 is 0 Å². The van der Waals surface area contributed by atoms with Crippen molar-refractivity contribution in [2.75, 3.05) is 0 Å². The molecule has 0 fully saturated rings. The predicted octanol–water partition coefficient (Wildman–Crippen LogP) is 2.44. The van der Waals surface area contributed by atoms with Crippen LogP contribution in [-0.2, 0) is 11.2 Å². The van der Waals surface area contributed by atoms with E-state index in [2.05, 4.69) is 4.98 Å². The van der Waals surface area contributed by atoms with Crippen molar-refractivity contribution < 1.29 is 9.18 Å². The Bertz CT molecular complexity index is 487. The first-order chi connectivity index (χ1) is 6.68. The largest absolute Gasteiger partial charge is 0.359 e. The molecule has 0 unspecified atom stereocenters. The molecule has 0 radical (unpaired) electrons. The lowest BCUT2D eigenvalue weighted by atomic mass is 10.1. The standard InChI is InChI=1S/C11H10FNO/c1-7(14)6-9-3-2-8-4-5-13-11(8)10(9)12/h2-5,13H,6H2,1H3. The van der Waals surface area contributed by atoms with Gasteiger partial charge in [0, 0.05) is 18.0 Å². The van der Waals surface area contributed by atoms with E-state index in [-0.39, 0.29) is 18.0 Å². The fraction of sp³-hybridized carbons (Fsp3) is 0.182. The van der Waals surface area contributed by atoms with Gasteiger partial charge in [0.1, 0.15) is 5.78 Å². The molecule has 0 aliphatic rings. The molecule has 3 heteroatoms. The van der Waals surface area contributed by atoms with Crippen LogP contribution >= 0.6 is 0 Å². The zero-order valence-corrected chi connectivity index (χ0v) is 7.80. The van der Waals surface area contributed by atoms with E-state index in [1.165, 1.54) is 6.92 Å². The van der Waals surface area contributed by atoms with Crippen LogP contribution in [0.5, 0.6) is 0 Å². The average molecular weight is 191 g/mol. The molecule has 1 aromatic heterocycles. The van der Waals surface area contributed by atoms with Gasteiger partial charge in [-0.15, -0.1) is 0 Å². The molecular formula is C11H10FNO. The molecule has 0 atom stereocenters. The first-order valence-electron chi connectivity index (χ1n) is 4.42. The van der Waals surface area contributed by atoms with Crippen molar-refractivity contribution in [2.24, 2.45) is 0 Å². The van der Waals surface area contributed by atoms with Crippen LogP contribution in [0.2, 0.25) is 0 Å². The van der Waals surface area contributed by atoms with Crippen molar-refractivity contribution in [3.05, 3.63) is 35.8 Å². The number of hydrogen-bond acceptors (Lipinski definition) is 1. The number of fused-ring (bicyclic) bond motifs is 1. The van der Waals surface area contributed by atoms with E-state index in [1.54, 1.807) is 18.3 Å². The highest BCUT2D eigenvalue weighted by Crippen LogP contribution is 2.19. The summed E-state index contributed by atoms with van der Waals surface area (Å²) in [6, 6.07) is 5.27. The fourth-order valence-corrected chi connectivity index (χ4v) is 1.54. The highest BCUT2D eigenvalue weighted by Gasteiger charge is 2.09. The summed E-state index contributed by atoms with van der Waals surface area (Å²) >= 11 is 0. The minimum Gasteiger partial charge on any atom is -0.359 e. The number of carbonyl (C=O) groups excluding carboxylic acids is 1. The van der Waals surface area contributed by atoms with Crippen LogP contribution in [0, 0.1) is 5.82 Å². The van der Waals surface area contributed by atoms with Crippen molar-refractivity contribution in [1.82, 2.24) is 4.98 Å². The van der Waals surface area contributed by atoms with Gasteiger partial charge in [-0.3, -0.25) is 4.79 Å². The molecule has 2 nitrogen and oxygen atoms in total. The second-order valence-corrected chi connectivity index (χ2v) is 3.36. The van der Waals surface area contributed by atoms with Crippen LogP contribution in [0.3, 0.4) is 0 Å². The van der Waals surface area contributed by atoms with Gasteiger partial charge >= 0.3 is 0 Å². The second kappa shape index (κ2) is 3.25. The number of nitrogens with one attached hydrogen (secondary N) is 1. The molecular weight excluding hydrogens is 181 g/mol. The van der Waals surface area contributed by atoms with Gasteiger partial charge in [-0.05, 0) is 18.6 Å². The number of aromatic amines is 1. The predicted molar refractivity (Wildman–Crippen MR) is 52.6 cm³/mol. The van der Waals surface area contributed by atoms with Gasteiger partial charge in [-0.25, -0.2) is 4.39 Å². The summed E-state index contributed by atoms with van der Waals surface area (Å²) in [6.07, 6.45) is 1.84. The summed E-state index contributed by atoms with van der Waals surface area (Å²) in [6.45, 7) is 1.46. The maximum Gasteiger partial charge on any atom is 0.150 e. The summed E-state index contributed by atoms with van der Waals surface area (Å²) < 4.78 is 13.7. The summed E-state index contributed by atoms with van der Waals surface area (Å²) in [4.78, 5) is 13.7. The molecule has 1 N–H and O–H groups in total. The molecule has 0 aliphatic carbocycles. The molecule has 0 saturated carbocycles. The first kappa shape index (κ1) is 8.94. The van der Waals surface area contributed by atoms with Gasteiger partial charge in [0.05, 0.1) is 5.52 Å². The Balaban J connectivity index is 2.56. The zero-order valence-electron chi connectivity index (χ0n) is 7.80. The number of ketones is 1. The van der Waals surface area contributed by atoms with Gasteiger partial charge in [0.2, 0.25) is 0 Å². The molecule has 2 rings (SSSR count). The van der Waals surface area contributed by atoms with Crippen molar-refractivity contribution in [2.45, 2.75) is 13.3 Å². The lowest BCUT2D eigenvalue weighted by Gasteiger charge is -2.01. The van der Waals surface area contributed by atoms with E-state index in [0.29, 0.717) is 11.1 Å². The monoisotopic (exact) mass is 191 g/mol. The highest BCUT2D eigenvalue weighted by molar-refractivity contribution is 5.83. The third kappa shape index (κ3) is 1.41. The van der Waals surface area contributed by atoms with E-state index in [0.717, 1.165) is 5.39 Å². The van der Waals surface area contributed by atoms with Gasteiger partial charge in [-0.2, -0.15) is 0 Å². The maximum absolute atomic E-state index is 13.7. The van der Waals surface area contributed by atoms with Gasteiger partial charge in [0.15, 0.2) is 5.82 Å². The number of hydrogen-bond donors (Lipinski definition) is 1. The number of H-pyrrole nitrogens is 1. The average Bonchev–Trinajstić information content (AvgIpc) is 2.57. The number of rotatable bonds is 2. The van der Waals surface area contributed by atoms with Crippen LogP contribution in [-0.4, -0.2) is 10.8 Å². The molecule has 14 heavy (non-hydrogen) atoms. The normalized spacial score (nSPS) is 10.7.